The molecule has 1 aromatic rings. The summed E-state index contributed by atoms with van der Waals surface area (Å²) in [5.41, 5.74) is 0.260. The van der Waals surface area contributed by atoms with Crippen molar-refractivity contribution < 1.29 is 39.9 Å². The molecule has 1 aliphatic carbocycles. The first-order chi connectivity index (χ1) is 11.3. The van der Waals surface area contributed by atoms with Gasteiger partial charge < -0.3 is 30.3 Å². The molecule has 2 rings (SSSR count). The summed E-state index contributed by atoms with van der Waals surface area (Å²) in [5, 5.41) is 46.9. The van der Waals surface area contributed by atoms with Crippen LogP contribution in [0.15, 0.2) is 35.9 Å². The molecule has 24 heavy (non-hydrogen) atoms. The largest absolute Gasteiger partial charge is 0.504 e. The van der Waals surface area contributed by atoms with E-state index in [0.717, 1.165) is 12.2 Å². The lowest BCUT2D eigenvalue weighted by Crippen LogP contribution is -2.43. The zero-order valence-corrected chi connectivity index (χ0v) is 12.4. The van der Waals surface area contributed by atoms with E-state index in [9.17, 15) is 30.0 Å². The summed E-state index contributed by atoms with van der Waals surface area (Å²) in [7, 11) is 0. The van der Waals surface area contributed by atoms with Crippen LogP contribution in [0.4, 0.5) is 0 Å². The molecule has 8 nitrogen and oxygen atoms in total. The normalized spacial score (nSPS) is 23.8. The van der Waals surface area contributed by atoms with Gasteiger partial charge in [-0.25, -0.2) is 9.59 Å². The van der Waals surface area contributed by atoms with Crippen molar-refractivity contribution in [1.82, 2.24) is 0 Å². The average Bonchev–Trinajstić information content (AvgIpc) is 2.52. The number of carboxylic acids is 1. The molecular weight excluding hydrogens is 320 g/mol. The second kappa shape index (κ2) is 7.16. The third kappa shape index (κ3) is 4.12. The highest BCUT2D eigenvalue weighted by molar-refractivity contribution is 5.88. The fraction of sp³-hybridized carbons (Fsp3) is 0.250. The molecule has 0 spiro atoms. The fourth-order valence-electron chi connectivity index (χ4n) is 2.20. The second-order valence-electron chi connectivity index (χ2n) is 5.24. The van der Waals surface area contributed by atoms with Gasteiger partial charge in [-0.1, -0.05) is 6.07 Å². The van der Waals surface area contributed by atoms with E-state index in [1.54, 1.807) is 0 Å². The van der Waals surface area contributed by atoms with E-state index in [1.807, 2.05) is 0 Å². The molecule has 1 aliphatic rings. The molecule has 1 aromatic carbocycles. The summed E-state index contributed by atoms with van der Waals surface area (Å²) in [4.78, 5) is 22.7. The predicted molar refractivity (Wildman–Crippen MR) is 81.0 cm³/mol. The average molecular weight is 336 g/mol. The summed E-state index contributed by atoms with van der Waals surface area (Å²) in [6, 6.07) is 3.92. The Bertz CT molecular complexity index is 706. The topological polar surface area (TPSA) is 145 Å². The lowest BCUT2D eigenvalue weighted by molar-refractivity contribution is -0.154. The maximum absolute atomic E-state index is 11.8. The number of phenolic OH excluding ortho intramolecular Hbond substituents is 2. The minimum Gasteiger partial charge on any atom is -0.504 e. The number of aromatic hydroxyl groups is 2. The van der Waals surface area contributed by atoms with Crippen LogP contribution in [0.25, 0.3) is 6.08 Å². The first kappa shape index (κ1) is 17.5. The van der Waals surface area contributed by atoms with Crippen LogP contribution in [0.2, 0.25) is 0 Å². The van der Waals surface area contributed by atoms with Crippen molar-refractivity contribution in [2.45, 2.75) is 24.7 Å². The Morgan fingerprint density at radius 1 is 1.17 bits per heavy atom. The van der Waals surface area contributed by atoms with Crippen molar-refractivity contribution in [2.75, 3.05) is 0 Å². The van der Waals surface area contributed by atoms with Crippen LogP contribution in [-0.2, 0) is 14.3 Å². The van der Waals surface area contributed by atoms with Crippen molar-refractivity contribution in [3.8, 4) is 11.5 Å². The number of aliphatic hydroxyl groups is 2. The van der Waals surface area contributed by atoms with Crippen LogP contribution in [0.1, 0.15) is 12.0 Å². The maximum Gasteiger partial charge on any atom is 0.331 e. The van der Waals surface area contributed by atoms with Crippen LogP contribution < -0.4 is 0 Å². The molecule has 0 radical (unpaired) electrons. The zero-order chi connectivity index (χ0) is 17.9. The lowest BCUT2D eigenvalue weighted by Gasteiger charge is -2.29. The van der Waals surface area contributed by atoms with E-state index in [4.69, 9.17) is 9.84 Å². The molecule has 128 valence electrons. The minimum atomic E-state index is -1.44. The van der Waals surface area contributed by atoms with Crippen LogP contribution in [0.5, 0.6) is 11.5 Å². The molecule has 8 heteroatoms. The van der Waals surface area contributed by atoms with E-state index >= 15 is 0 Å². The standard InChI is InChI=1S/C16H16O8/c17-10-3-1-8(5-11(10)18)2-4-14(20)24-13-7-9(16(22)23)6-12(19)15(13)21/h1-6,12-13,15,17-19,21H,7H2,(H,22,23)/b4-2+/t12-,13+,15-/m1/s1. The molecule has 5 N–H and O–H groups in total. The molecule has 0 fully saturated rings. The summed E-state index contributed by atoms with van der Waals surface area (Å²) >= 11 is 0. The summed E-state index contributed by atoms with van der Waals surface area (Å²) < 4.78 is 4.98. The highest BCUT2D eigenvalue weighted by Gasteiger charge is 2.35. The van der Waals surface area contributed by atoms with Gasteiger partial charge in [0.1, 0.15) is 18.3 Å². The molecule has 0 amide bonds. The van der Waals surface area contributed by atoms with Gasteiger partial charge >= 0.3 is 11.9 Å². The lowest BCUT2D eigenvalue weighted by atomic mass is 9.92. The van der Waals surface area contributed by atoms with E-state index in [-0.39, 0.29) is 23.5 Å². The van der Waals surface area contributed by atoms with Gasteiger partial charge in [-0.15, -0.1) is 0 Å². The third-order valence-electron chi connectivity index (χ3n) is 3.48. The second-order valence-corrected chi connectivity index (χ2v) is 5.24. The number of hydrogen-bond acceptors (Lipinski definition) is 7. The van der Waals surface area contributed by atoms with Crippen molar-refractivity contribution in [2.24, 2.45) is 0 Å². The third-order valence-corrected chi connectivity index (χ3v) is 3.48. The summed E-state index contributed by atoms with van der Waals surface area (Å²) in [6.07, 6.45) is -0.963. The van der Waals surface area contributed by atoms with Crippen molar-refractivity contribution in [1.29, 1.82) is 0 Å². The molecule has 0 heterocycles. The fourth-order valence-corrected chi connectivity index (χ4v) is 2.20. The molecule has 0 aliphatic heterocycles. The number of carboxylic acid groups (broad SMARTS) is 1. The number of ether oxygens (including phenoxy) is 1. The van der Waals surface area contributed by atoms with E-state index < -0.39 is 30.3 Å². The first-order valence-electron chi connectivity index (χ1n) is 6.98. The van der Waals surface area contributed by atoms with Crippen LogP contribution in [0.3, 0.4) is 0 Å². The summed E-state index contributed by atoms with van der Waals surface area (Å²) in [5.74, 6) is -2.78. The minimum absolute atomic E-state index is 0.155. The number of carbonyl (C=O) groups is 2. The van der Waals surface area contributed by atoms with Gasteiger partial charge in [-0.05, 0) is 29.8 Å². The van der Waals surface area contributed by atoms with Crippen molar-refractivity contribution in [3.05, 3.63) is 41.5 Å². The molecule has 0 aromatic heterocycles. The zero-order valence-electron chi connectivity index (χ0n) is 12.4. The number of aliphatic hydroxyl groups excluding tert-OH is 2. The first-order valence-corrected chi connectivity index (χ1v) is 6.98. The maximum atomic E-state index is 11.8. The number of esters is 1. The molecule has 0 saturated heterocycles. The van der Waals surface area contributed by atoms with Crippen molar-refractivity contribution >= 4 is 18.0 Å². The number of aliphatic carboxylic acids is 1. The Morgan fingerprint density at radius 3 is 2.50 bits per heavy atom. The van der Waals surface area contributed by atoms with Gasteiger partial charge in [0.05, 0.1) is 0 Å². The van der Waals surface area contributed by atoms with Gasteiger partial charge in [0, 0.05) is 18.1 Å². The number of carbonyl (C=O) groups excluding carboxylic acids is 1. The van der Waals surface area contributed by atoms with Crippen molar-refractivity contribution in [3.63, 3.8) is 0 Å². The molecule has 0 unspecified atom stereocenters. The van der Waals surface area contributed by atoms with Crippen LogP contribution >= 0.6 is 0 Å². The van der Waals surface area contributed by atoms with Gasteiger partial charge in [0.25, 0.3) is 0 Å². The Balaban J connectivity index is 2.03. The number of phenols is 2. The molecule has 3 atom stereocenters. The van der Waals surface area contributed by atoms with Gasteiger partial charge in [-0.3, -0.25) is 0 Å². The van der Waals surface area contributed by atoms with Crippen LogP contribution in [0, 0.1) is 0 Å². The van der Waals surface area contributed by atoms with E-state index in [2.05, 4.69) is 0 Å². The van der Waals surface area contributed by atoms with Crippen LogP contribution in [-0.4, -0.2) is 55.8 Å². The monoisotopic (exact) mass is 336 g/mol. The van der Waals surface area contributed by atoms with Gasteiger partial charge in [0.2, 0.25) is 0 Å². The number of rotatable bonds is 4. The molecule has 0 saturated carbocycles. The number of hydrogen-bond donors (Lipinski definition) is 5. The SMILES string of the molecule is O=C(/C=C/c1ccc(O)c(O)c1)O[C@H]1CC(C(=O)O)=C[C@@H](O)[C@H]1O. The summed E-state index contributed by atoms with van der Waals surface area (Å²) in [6.45, 7) is 0. The predicted octanol–water partition coefficient (Wildman–Crippen LogP) is 0.159. The van der Waals surface area contributed by atoms with Gasteiger partial charge in [-0.2, -0.15) is 0 Å². The Kier molecular flexibility index (Phi) is 5.22. The highest BCUT2D eigenvalue weighted by atomic mass is 16.6. The number of benzene rings is 1. The van der Waals surface area contributed by atoms with E-state index in [0.29, 0.717) is 5.56 Å². The highest BCUT2D eigenvalue weighted by Crippen LogP contribution is 2.26. The Labute approximate surface area is 136 Å². The molecular formula is C16H16O8. The van der Waals surface area contributed by atoms with Gasteiger partial charge in [0.15, 0.2) is 11.5 Å². The molecule has 0 bridgehead atoms. The smallest absolute Gasteiger partial charge is 0.331 e. The quantitative estimate of drug-likeness (QED) is 0.297. The van der Waals surface area contributed by atoms with E-state index in [1.165, 1.54) is 24.3 Å². The Morgan fingerprint density at radius 2 is 1.88 bits per heavy atom. The Hall–Kier alpha value is -2.84.